The normalized spacial score (nSPS) is 15.7. The van der Waals surface area contributed by atoms with Crippen LogP contribution in [0.5, 0.6) is 0 Å². The Labute approximate surface area is 78.0 Å². The van der Waals surface area contributed by atoms with E-state index in [-0.39, 0.29) is 5.92 Å². The standard InChI is InChI=1S/C9H16N2O2/c1-4-5-6(2)9-10-8(7(3)12)11-13-9/h6-7,12H,4-5H2,1-3H3. The summed E-state index contributed by atoms with van der Waals surface area (Å²) in [6.07, 6.45) is 1.47. The Balaban J connectivity index is 2.67. The lowest BCUT2D eigenvalue weighted by Gasteiger charge is -2.01. The van der Waals surface area contributed by atoms with E-state index in [2.05, 4.69) is 17.1 Å². The topological polar surface area (TPSA) is 59.2 Å². The van der Waals surface area contributed by atoms with Gasteiger partial charge in [-0.05, 0) is 13.3 Å². The number of aromatic nitrogens is 2. The zero-order chi connectivity index (χ0) is 9.84. The third-order valence-corrected chi connectivity index (χ3v) is 1.97. The predicted octanol–water partition coefficient (Wildman–Crippen LogP) is 2.03. The van der Waals surface area contributed by atoms with Crippen molar-refractivity contribution in [2.45, 2.75) is 45.6 Å². The van der Waals surface area contributed by atoms with E-state index in [4.69, 9.17) is 9.63 Å². The molecule has 1 N–H and O–H groups in total. The Kier molecular flexibility index (Phi) is 3.42. The van der Waals surface area contributed by atoms with Crippen LogP contribution in [0.4, 0.5) is 0 Å². The van der Waals surface area contributed by atoms with E-state index in [1.54, 1.807) is 6.92 Å². The van der Waals surface area contributed by atoms with Gasteiger partial charge < -0.3 is 9.63 Å². The molecule has 1 heterocycles. The van der Waals surface area contributed by atoms with Gasteiger partial charge in [0, 0.05) is 5.92 Å². The molecule has 1 aromatic rings. The Hall–Kier alpha value is -0.900. The molecule has 0 aliphatic heterocycles. The number of nitrogens with zero attached hydrogens (tertiary/aromatic N) is 2. The molecule has 0 aliphatic rings. The first-order valence-electron chi connectivity index (χ1n) is 4.66. The summed E-state index contributed by atoms with van der Waals surface area (Å²) in [5.41, 5.74) is 0. The van der Waals surface area contributed by atoms with Gasteiger partial charge in [-0.3, -0.25) is 0 Å². The molecular formula is C9H16N2O2. The van der Waals surface area contributed by atoms with Crippen LogP contribution in [-0.2, 0) is 0 Å². The molecule has 0 saturated carbocycles. The number of aliphatic hydroxyl groups is 1. The fourth-order valence-electron chi connectivity index (χ4n) is 1.17. The van der Waals surface area contributed by atoms with Crippen LogP contribution in [0.3, 0.4) is 0 Å². The first kappa shape index (κ1) is 10.2. The maximum Gasteiger partial charge on any atom is 0.229 e. The molecule has 13 heavy (non-hydrogen) atoms. The fourth-order valence-corrected chi connectivity index (χ4v) is 1.17. The van der Waals surface area contributed by atoms with Gasteiger partial charge in [0.05, 0.1) is 0 Å². The molecule has 2 unspecified atom stereocenters. The number of hydrogen-bond acceptors (Lipinski definition) is 4. The first-order valence-corrected chi connectivity index (χ1v) is 4.66. The molecule has 74 valence electrons. The first-order chi connectivity index (χ1) is 6.15. The van der Waals surface area contributed by atoms with Gasteiger partial charge in [0.25, 0.3) is 0 Å². The predicted molar refractivity (Wildman–Crippen MR) is 48.3 cm³/mol. The van der Waals surface area contributed by atoms with Crippen LogP contribution in [0.15, 0.2) is 4.52 Å². The van der Waals surface area contributed by atoms with Crippen molar-refractivity contribution in [3.8, 4) is 0 Å². The Morgan fingerprint density at radius 3 is 2.62 bits per heavy atom. The van der Waals surface area contributed by atoms with Crippen molar-refractivity contribution < 1.29 is 9.63 Å². The highest BCUT2D eigenvalue weighted by Gasteiger charge is 2.15. The van der Waals surface area contributed by atoms with Crippen molar-refractivity contribution in [3.63, 3.8) is 0 Å². The van der Waals surface area contributed by atoms with Gasteiger partial charge in [-0.2, -0.15) is 4.98 Å². The van der Waals surface area contributed by atoms with Crippen molar-refractivity contribution in [2.75, 3.05) is 0 Å². The Morgan fingerprint density at radius 2 is 2.15 bits per heavy atom. The summed E-state index contributed by atoms with van der Waals surface area (Å²) in [6.45, 7) is 5.78. The summed E-state index contributed by atoms with van der Waals surface area (Å²) in [7, 11) is 0. The molecule has 1 aromatic heterocycles. The van der Waals surface area contributed by atoms with Gasteiger partial charge in [0.2, 0.25) is 5.89 Å². The second-order valence-electron chi connectivity index (χ2n) is 3.36. The minimum atomic E-state index is -0.647. The van der Waals surface area contributed by atoms with Gasteiger partial charge >= 0.3 is 0 Å². The molecule has 0 aromatic carbocycles. The largest absolute Gasteiger partial charge is 0.385 e. The van der Waals surface area contributed by atoms with Gasteiger partial charge in [0.15, 0.2) is 5.82 Å². The molecule has 0 bridgehead atoms. The summed E-state index contributed by atoms with van der Waals surface area (Å²) in [5, 5.41) is 12.8. The maximum absolute atomic E-state index is 9.16. The van der Waals surface area contributed by atoms with Gasteiger partial charge in [-0.25, -0.2) is 0 Å². The highest BCUT2D eigenvalue weighted by molar-refractivity contribution is 4.93. The van der Waals surface area contributed by atoms with Gasteiger partial charge in [0.1, 0.15) is 6.10 Å². The minimum absolute atomic E-state index is 0.282. The fraction of sp³-hybridized carbons (Fsp3) is 0.778. The molecule has 0 saturated heterocycles. The summed E-state index contributed by atoms with van der Waals surface area (Å²) >= 11 is 0. The average molecular weight is 184 g/mol. The van der Waals surface area contributed by atoms with Crippen molar-refractivity contribution >= 4 is 0 Å². The lowest BCUT2D eigenvalue weighted by atomic mass is 10.1. The molecule has 1 rings (SSSR count). The van der Waals surface area contributed by atoms with Gasteiger partial charge in [-0.1, -0.05) is 25.4 Å². The van der Waals surface area contributed by atoms with E-state index in [1.165, 1.54) is 0 Å². The average Bonchev–Trinajstić information content (AvgIpc) is 2.52. The zero-order valence-corrected chi connectivity index (χ0v) is 8.32. The summed E-state index contributed by atoms with van der Waals surface area (Å²) in [6, 6.07) is 0. The molecule has 0 radical (unpaired) electrons. The van der Waals surface area contributed by atoms with E-state index >= 15 is 0 Å². The second kappa shape index (κ2) is 4.37. The highest BCUT2D eigenvalue weighted by atomic mass is 16.5. The quantitative estimate of drug-likeness (QED) is 0.777. The van der Waals surface area contributed by atoms with E-state index < -0.39 is 6.10 Å². The highest BCUT2D eigenvalue weighted by Crippen LogP contribution is 2.19. The van der Waals surface area contributed by atoms with E-state index in [0.717, 1.165) is 12.8 Å². The second-order valence-corrected chi connectivity index (χ2v) is 3.36. The van der Waals surface area contributed by atoms with Crippen LogP contribution in [0.25, 0.3) is 0 Å². The molecule has 0 spiro atoms. The van der Waals surface area contributed by atoms with Crippen molar-refractivity contribution in [3.05, 3.63) is 11.7 Å². The van der Waals surface area contributed by atoms with E-state index in [9.17, 15) is 0 Å². The molecule has 4 heteroatoms. The van der Waals surface area contributed by atoms with Crippen LogP contribution >= 0.6 is 0 Å². The monoisotopic (exact) mass is 184 g/mol. The Morgan fingerprint density at radius 1 is 1.46 bits per heavy atom. The van der Waals surface area contributed by atoms with E-state index in [0.29, 0.717) is 11.7 Å². The zero-order valence-electron chi connectivity index (χ0n) is 8.32. The number of hydrogen-bond donors (Lipinski definition) is 1. The molecular weight excluding hydrogens is 168 g/mol. The molecule has 0 fully saturated rings. The molecule has 0 amide bonds. The van der Waals surface area contributed by atoms with Crippen LogP contribution in [-0.4, -0.2) is 15.2 Å². The summed E-state index contributed by atoms with van der Waals surface area (Å²) in [5.74, 6) is 1.28. The third kappa shape index (κ3) is 2.52. The molecule has 0 aliphatic carbocycles. The molecule has 4 nitrogen and oxygen atoms in total. The molecule has 2 atom stereocenters. The van der Waals surface area contributed by atoms with Crippen LogP contribution in [0.1, 0.15) is 57.3 Å². The number of rotatable bonds is 4. The van der Waals surface area contributed by atoms with Crippen LogP contribution < -0.4 is 0 Å². The maximum atomic E-state index is 9.16. The van der Waals surface area contributed by atoms with Crippen molar-refractivity contribution in [2.24, 2.45) is 0 Å². The van der Waals surface area contributed by atoms with E-state index in [1.807, 2.05) is 6.92 Å². The lowest BCUT2D eigenvalue weighted by molar-refractivity contribution is 0.184. The summed E-state index contributed by atoms with van der Waals surface area (Å²) in [4.78, 5) is 4.10. The van der Waals surface area contributed by atoms with Gasteiger partial charge in [-0.15, -0.1) is 0 Å². The Bertz CT molecular complexity index is 258. The SMILES string of the molecule is CCCC(C)c1nc(C(C)O)no1. The smallest absolute Gasteiger partial charge is 0.229 e. The summed E-state index contributed by atoms with van der Waals surface area (Å²) < 4.78 is 5.02. The lowest BCUT2D eigenvalue weighted by Crippen LogP contribution is -1.96. The van der Waals surface area contributed by atoms with Crippen molar-refractivity contribution in [1.82, 2.24) is 10.1 Å². The van der Waals surface area contributed by atoms with Crippen LogP contribution in [0, 0.1) is 0 Å². The van der Waals surface area contributed by atoms with Crippen LogP contribution in [0.2, 0.25) is 0 Å². The third-order valence-electron chi connectivity index (χ3n) is 1.97. The minimum Gasteiger partial charge on any atom is -0.385 e. The number of aliphatic hydroxyl groups excluding tert-OH is 1. The van der Waals surface area contributed by atoms with Crippen molar-refractivity contribution in [1.29, 1.82) is 0 Å².